The first kappa shape index (κ1) is 12.5. The van der Waals surface area contributed by atoms with Crippen LogP contribution in [0.25, 0.3) is 0 Å². The fourth-order valence-corrected chi connectivity index (χ4v) is 2.81. The van der Waals surface area contributed by atoms with Crippen LogP contribution >= 0.6 is 15.9 Å². The fraction of sp³-hybridized carbons (Fsp3) is 0.300. The zero-order valence-corrected chi connectivity index (χ0v) is 11.1. The standard InChI is InChI=1S/C10H10BrNO4S/c11-7-4-10(13)12(6-7)8-2-1-3-9(5-8)17(14,15)16/h1-3,5,7H,4,6H2,(H,14,15,16). The van der Waals surface area contributed by atoms with Crippen molar-refractivity contribution >= 4 is 37.6 Å². The summed E-state index contributed by atoms with van der Waals surface area (Å²) in [6, 6.07) is 5.70. The molecule has 1 atom stereocenters. The second kappa shape index (κ2) is 4.40. The smallest absolute Gasteiger partial charge is 0.294 e. The minimum Gasteiger partial charge on any atom is -0.311 e. The van der Waals surface area contributed by atoms with Gasteiger partial charge in [0.05, 0.1) is 4.90 Å². The number of halogens is 1. The van der Waals surface area contributed by atoms with Crippen molar-refractivity contribution in [3.8, 4) is 0 Å². The summed E-state index contributed by atoms with van der Waals surface area (Å²) >= 11 is 3.34. The molecule has 0 spiro atoms. The van der Waals surface area contributed by atoms with Crippen LogP contribution in [0, 0.1) is 0 Å². The molecule has 1 fully saturated rings. The lowest BCUT2D eigenvalue weighted by atomic mass is 10.3. The van der Waals surface area contributed by atoms with Crippen molar-refractivity contribution in [3.05, 3.63) is 24.3 Å². The lowest BCUT2D eigenvalue weighted by Crippen LogP contribution is -2.24. The van der Waals surface area contributed by atoms with Crippen LogP contribution in [0.15, 0.2) is 29.2 Å². The van der Waals surface area contributed by atoms with Crippen molar-refractivity contribution in [2.45, 2.75) is 16.1 Å². The molecule has 1 aromatic rings. The predicted octanol–water partition coefficient (Wildman–Crippen LogP) is 1.43. The van der Waals surface area contributed by atoms with Crippen molar-refractivity contribution in [1.82, 2.24) is 0 Å². The third-order valence-corrected chi connectivity index (χ3v) is 3.97. The molecule has 1 N–H and O–H groups in total. The van der Waals surface area contributed by atoms with E-state index >= 15 is 0 Å². The molecule has 5 nitrogen and oxygen atoms in total. The molecule has 92 valence electrons. The minimum atomic E-state index is -4.24. The summed E-state index contributed by atoms with van der Waals surface area (Å²) < 4.78 is 30.9. The average Bonchev–Trinajstić information content (AvgIpc) is 2.57. The normalized spacial score (nSPS) is 20.9. The van der Waals surface area contributed by atoms with E-state index in [1.165, 1.54) is 23.1 Å². The van der Waals surface area contributed by atoms with Gasteiger partial charge in [0.1, 0.15) is 0 Å². The Morgan fingerprint density at radius 2 is 2.12 bits per heavy atom. The van der Waals surface area contributed by atoms with Crippen molar-refractivity contribution in [2.75, 3.05) is 11.4 Å². The Morgan fingerprint density at radius 1 is 1.41 bits per heavy atom. The van der Waals surface area contributed by atoms with Crippen molar-refractivity contribution in [1.29, 1.82) is 0 Å². The number of nitrogens with zero attached hydrogens (tertiary/aromatic N) is 1. The van der Waals surface area contributed by atoms with Crippen LogP contribution < -0.4 is 4.90 Å². The summed E-state index contributed by atoms with van der Waals surface area (Å²) in [6.45, 7) is 0.494. The lowest BCUT2D eigenvalue weighted by molar-refractivity contribution is -0.117. The van der Waals surface area contributed by atoms with Gasteiger partial charge in [-0.05, 0) is 18.2 Å². The largest absolute Gasteiger partial charge is 0.311 e. The van der Waals surface area contributed by atoms with Crippen molar-refractivity contribution in [2.24, 2.45) is 0 Å². The van der Waals surface area contributed by atoms with E-state index in [1.807, 2.05) is 0 Å². The maximum absolute atomic E-state index is 11.6. The van der Waals surface area contributed by atoms with Gasteiger partial charge < -0.3 is 4.90 Å². The lowest BCUT2D eigenvalue weighted by Gasteiger charge is -2.16. The number of benzene rings is 1. The third kappa shape index (κ3) is 2.67. The van der Waals surface area contributed by atoms with Gasteiger partial charge >= 0.3 is 0 Å². The van der Waals surface area contributed by atoms with Crippen LogP contribution in [0.2, 0.25) is 0 Å². The molecule has 0 saturated carbocycles. The van der Waals surface area contributed by atoms with Gasteiger partial charge in [-0.2, -0.15) is 8.42 Å². The van der Waals surface area contributed by atoms with Gasteiger partial charge in [-0.15, -0.1) is 0 Å². The molecule has 7 heteroatoms. The molecule has 0 aliphatic carbocycles. The molecular weight excluding hydrogens is 310 g/mol. The Balaban J connectivity index is 2.38. The Kier molecular flexibility index (Phi) is 3.24. The summed E-state index contributed by atoms with van der Waals surface area (Å²) in [6.07, 6.45) is 0.385. The van der Waals surface area contributed by atoms with Crippen LogP contribution in [0.5, 0.6) is 0 Å². The zero-order chi connectivity index (χ0) is 12.6. The van der Waals surface area contributed by atoms with E-state index in [4.69, 9.17) is 4.55 Å². The van der Waals surface area contributed by atoms with Gasteiger partial charge in [-0.1, -0.05) is 22.0 Å². The van der Waals surface area contributed by atoms with Gasteiger partial charge in [-0.3, -0.25) is 9.35 Å². The SMILES string of the molecule is O=C1CC(Br)CN1c1cccc(S(=O)(=O)O)c1. The van der Waals surface area contributed by atoms with Crippen molar-refractivity contribution < 1.29 is 17.8 Å². The van der Waals surface area contributed by atoms with Gasteiger partial charge in [0.25, 0.3) is 10.1 Å². The average molecular weight is 320 g/mol. The van der Waals surface area contributed by atoms with E-state index in [2.05, 4.69) is 15.9 Å². The third-order valence-electron chi connectivity index (χ3n) is 2.50. The number of amides is 1. The van der Waals surface area contributed by atoms with Crippen molar-refractivity contribution in [3.63, 3.8) is 0 Å². The molecule has 0 radical (unpaired) electrons. The number of hydrogen-bond acceptors (Lipinski definition) is 3. The number of carbonyl (C=O) groups is 1. The minimum absolute atomic E-state index is 0.0700. The van der Waals surface area contributed by atoms with Crippen LogP contribution in [-0.2, 0) is 14.9 Å². The Hall–Kier alpha value is -0.920. The second-order valence-corrected chi connectivity index (χ2v) is 6.49. The van der Waals surface area contributed by atoms with Gasteiger partial charge in [0.2, 0.25) is 5.91 Å². The fourth-order valence-electron chi connectivity index (χ4n) is 1.73. The van der Waals surface area contributed by atoms with E-state index in [9.17, 15) is 13.2 Å². The topological polar surface area (TPSA) is 74.7 Å². The maximum atomic E-state index is 11.6. The molecule has 1 unspecified atom stereocenters. The predicted molar refractivity (Wildman–Crippen MR) is 65.9 cm³/mol. The molecule has 2 rings (SSSR count). The summed E-state index contributed by atoms with van der Waals surface area (Å²) in [4.78, 5) is 13.0. The van der Waals surface area contributed by atoms with E-state index in [0.717, 1.165) is 0 Å². The Morgan fingerprint density at radius 3 is 2.65 bits per heavy atom. The highest BCUT2D eigenvalue weighted by atomic mass is 79.9. The molecule has 1 aliphatic heterocycles. The number of carbonyl (C=O) groups excluding carboxylic acids is 1. The molecular formula is C10H10BrNO4S. The highest BCUT2D eigenvalue weighted by molar-refractivity contribution is 9.09. The maximum Gasteiger partial charge on any atom is 0.294 e. The molecule has 17 heavy (non-hydrogen) atoms. The van der Waals surface area contributed by atoms with E-state index in [1.54, 1.807) is 6.07 Å². The van der Waals surface area contributed by atoms with E-state index in [0.29, 0.717) is 18.7 Å². The molecule has 1 saturated heterocycles. The quantitative estimate of drug-likeness (QED) is 0.661. The first-order chi connectivity index (χ1) is 7.88. The van der Waals surface area contributed by atoms with Gasteiger partial charge in [0, 0.05) is 23.5 Å². The van der Waals surface area contributed by atoms with Gasteiger partial charge in [0.15, 0.2) is 0 Å². The van der Waals surface area contributed by atoms with Crippen LogP contribution in [0.1, 0.15) is 6.42 Å². The highest BCUT2D eigenvalue weighted by Gasteiger charge is 2.29. The molecule has 0 bridgehead atoms. The van der Waals surface area contributed by atoms with E-state index in [-0.39, 0.29) is 15.6 Å². The zero-order valence-electron chi connectivity index (χ0n) is 8.71. The van der Waals surface area contributed by atoms with Crippen LogP contribution in [0.3, 0.4) is 0 Å². The van der Waals surface area contributed by atoms with Gasteiger partial charge in [-0.25, -0.2) is 0 Å². The summed E-state index contributed by atoms with van der Waals surface area (Å²) in [5, 5.41) is 0. The monoisotopic (exact) mass is 319 g/mol. The van der Waals surface area contributed by atoms with Crippen LogP contribution in [0.4, 0.5) is 5.69 Å². The summed E-state index contributed by atoms with van der Waals surface area (Å²) in [5.74, 6) is -0.0700. The number of hydrogen-bond donors (Lipinski definition) is 1. The first-order valence-corrected chi connectivity index (χ1v) is 7.25. The molecule has 1 aromatic carbocycles. The second-order valence-electron chi connectivity index (χ2n) is 3.78. The summed E-state index contributed by atoms with van der Waals surface area (Å²) in [5.41, 5.74) is 0.479. The number of anilines is 1. The molecule has 1 heterocycles. The number of rotatable bonds is 2. The Bertz CT molecular complexity index is 557. The first-order valence-electron chi connectivity index (χ1n) is 4.90. The summed E-state index contributed by atoms with van der Waals surface area (Å²) in [7, 11) is -4.24. The molecule has 1 aliphatic rings. The van der Waals surface area contributed by atoms with Crippen LogP contribution in [-0.4, -0.2) is 30.2 Å². The number of alkyl halides is 1. The van der Waals surface area contributed by atoms with E-state index < -0.39 is 10.1 Å². The molecule has 1 amide bonds. The Labute approximate surface area is 107 Å². The highest BCUT2D eigenvalue weighted by Crippen LogP contribution is 2.26. The molecule has 0 aromatic heterocycles.